The number of benzene rings is 1. The van der Waals surface area contributed by atoms with E-state index in [-0.39, 0.29) is 11.6 Å². The molecule has 3 rings (SSSR count). The van der Waals surface area contributed by atoms with E-state index in [1.165, 1.54) is 12.1 Å². The van der Waals surface area contributed by atoms with Crippen LogP contribution in [0.3, 0.4) is 0 Å². The third-order valence-corrected chi connectivity index (χ3v) is 2.66. The fraction of sp³-hybridized carbons (Fsp3) is 0.0769. The summed E-state index contributed by atoms with van der Waals surface area (Å²) in [6.45, 7) is 1.72. The molecule has 0 radical (unpaired) electrons. The van der Waals surface area contributed by atoms with Crippen molar-refractivity contribution in [3.05, 3.63) is 52.5 Å². The van der Waals surface area contributed by atoms with Gasteiger partial charge in [0.1, 0.15) is 17.3 Å². The van der Waals surface area contributed by atoms with E-state index in [2.05, 4.69) is 24.6 Å². The van der Waals surface area contributed by atoms with E-state index in [0.717, 1.165) is 5.56 Å². The number of H-pyrrole nitrogens is 1. The summed E-state index contributed by atoms with van der Waals surface area (Å²) in [7, 11) is 0. The van der Waals surface area contributed by atoms with Crippen molar-refractivity contribution in [2.45, 2.75) is 6.92 Å². The van der Waals surface area contributed by atoms with E-state index in [1.807, 2.05) is 0 Å². The highest BCUT2D eigenvalue weighted by molar-refractivity contribution is 5.64. The number of nitrogens with zero attached hydrogens (tertiary/aromatic N) is 3. The molecule has 0 bridgehead atoms. The van der Waals surface area contributed by atoms with Crippen LogP contribution in [0.25, 0.3) is 22.8 Å². The lowest BCUT2D eigenvalue weighted by Crippen LogP contribution is -1.98. The second-order valence-corrected chi connectivity index (χ2v) is 4.12. The molecular formula is C13H9FN4O2. The van der Waals surface area contributed by atoms with Gasteiger partial charge in [-0.2, -0.15) is 10.1 Å². The molecule has 20 heavy (non-hydrogen) atoms. The molecule has 0 saturated heterocycles. The maximum absolute atomic E-state index is 12.9. The van der Waals surface area contributed by atoms with Crippen molar-refractivity contribution in [1.29, 1.82) is 0 Å². The molecule has 100 valence electrons. The van der Waals surface area contributed by atoms with Gasteiger partial charge in [0.25, 0.3) is 0 Å². The topological polar surface area (TPSA) is 84.7 Å². The summed E-state index contributed by atoms with van der Waals surface area (Å²) in [4.78, 5) is 23.1. The fourth-order valence-corrected chi connectivity index (χ4v) is 1.80. The monoisotopic (exact) mass is 272 g/mol. The number of hydrogen-bond donors (Lipinski definition) is 1. The van der Waals surface area contributed by atoms with Crippen molar-refractivity contribution in [2.75, 3.05) is 0 Å². The zero-order valence-electron chi connectivity index (χ0n) is 10.4. The molecule has 0 aliphatic carbocycles. The second-order valence-electron chi connectivity index (χ2n) is 4.12. The fourth-order valence-electron chi connectivity index (χ4n) is 1.80. The minimum atomic E-state index is -0.723. The van der Waals surface area contributed by atoms with Crippen molar-refractivity contribution in [2.24, 2.45) is 0 Å². The molecule has 0 unspecified atom stereocenters. The zero-order valence-corrected chi connectivity index (χ0v) is 10.4. The number of hydrogen-bond acceptors (Lipinski definition) is 5. The van der Waals surface area contributed by atoms with Gasteiger partial charge in [-0.25, -0.2) is 19.2 Å². The Bertz CT molecular complexity index is 808. The van der Waals surface area contributed by atoms with Crippen LogP contribution in [0.1, 0.15) is 5.82 Å². The smallest absolute Gasteiger partial charge is 0.321 e. The largest absolute Gasteiger partial charge is 0.460 e. The average molecular weight is 272 g/mol. The maximum atomic E-state index is 12.9. The third-order valence-electron chi connectivity index (χ3n) is 2.66. The Morgan fingerprint density at radius 1 is 1.10 bits per heavy atom. The van der Waals surface area contributed by atoms with Crippen LogP contribution in [0.5, 0.6) is 0 Å². The standard InChI is InChI=1S/C13H9FN4O2/c1-7-15-10(8-2-4-9(14)5-3-8)6-11(16-7)12-17-13(19)20-18-12/h2-6H,1H3,(H,17,18,19). The molecule has 1 aromatic carbocycles. The molecule has 6 nitrogen and oxygen atoms in total. The second kappa shape index (κ2) is 4.69. The van der Waals surface area contributed by atoms with E-state index in [0.29, 0.717) is 17.2 Å². The Labute approximate surface area is 112 Å². The third kappa shape index (κ3) is 2.33. The predicted molar refractivity (Wildman–Crippen MR) is 68.3 cm³/mol. The van der Waals surface area contributed by atoms with Crippen molar-refractivity contribution in [3.63, 3.8) is 0 Å². The van der Waals surface area contributed by atoms with Gasteiger partial charge in [-0.1, -0.05) is 0 Å². The average Bonchev–Trinajstić information content (AvgIpc) is 2.85. The predicted octanol–water partition coefficient (Wildman–Crippen LogP) is 1.93. The van der Waals surface area contributed by atoms with Crippen molar-refractivity contribution in [3.8, 4) is 22.8 Å². The molecule has 1 N–H and O–H groups in total. The number of rotatable bonds is 2. The van der Waals surface area contributed by atoms with Crippen LogP contribution in [0, 0.1) is 12.7 Å². The van der Waals surface area contributed by atoms with Gasteiger partial charge in [0.2, 0.25) is 0 Å². The molecule has 3 aromatic rings. The first-order chi connectivity index (χ1) is 9.61. The Morgan fingerprint density at radius 2 is 1.80 bits per heavy atom. The summed E-state index contributed by atoms with van der Waals surface area (Å²) in [6.07, 6.45) is 0. The Balaban J connectivity index is 2.11. The Morgan fingerprint density at radius 3 is 2.45 bits per heavy atom. The Hall–Kier alpha value is -2.83. The molecule has 7 heteroatoms. The Kier molecular flexibility index (Phi) is 2.86. The van der Waals surface area contributed by atoms with Gasteiger partial charge >= 0.3 is 5.76 Å². The van der Waals surface area contributed by atoms with Crippen LogP contribution in [0.2, 0.25) is 0 Å². The van der Waals surface area contributed by atoms with Crippen LogP contribution in [0.15, 0.2) is 39.6 Å². The molecule has 0 saturated carbocycles. The highest BCUT2D eigenvalue weighted by atomic mass is 19.1. The number of aryl methyl sites for hydroxylation is 1. The summed E-state index contributed by atoms with van der Waals surface area (Å²) in [5.74, 6) is -0.310. The van der Waals surface area contributed by atoms with Gasteiger partial charge in [0.05, 0.1) is 5.69 Å². The van der Waals surface area contributed by atoms with Gasteiger partial charge in [-0.05, 0) is 37.3 Å². The molecule has 0 amide bonds. The normalized spacial score (nSPS) is 10.7. The molecule has 0 aliphatic rings. The highest BCUT2D eigenvalue weighted by Crippen LogP contribution is 2.21. The first kappa shape index (κ1) is 12.2. The molecular weight excluding hydrogens is 263 g/mol. The van der Waals surface area contributed by atoms with E-state index in [4.69, 9.17) is 0 Å². The molecule has 0 aliphatic heterocycles. The van der Waals surface area contributed by atoms with Gasteiger partial charge in [0, 0.05) is 5.56 Å². The maximum Gasteiger partial charge on any atom is 0.460 e. The van der Waals surface area contributed by atoms with E-state index < -0.39 is 5.76 Å². The molecule has 0 fully saturated rings. The van der Waals surface area contributed by atoms with Crippen LogP contribution in [-0.2, 0) is 0 Å². The van der Waals surface area contributed by atoms with Crippen molar-refractivity contribution < 1.29 is 8.91 Å². The summed E-state index contributed by atoms with van der Waals surface area (Å²) in [5.41, 5.74) is 1.78. The van der Waals surface area contributed by atoms with Crippen LogP contribution >= 0.6 is 0 Å². The molecule has 0 atom stereocenters. The van der Waals surface area contributed by atoms with Crippen LogP contribution < -0.4 is 5.76 Å². The van der Waals surface area contributed by atoms with Gasteiger partial charge in [-0.3, -0.25) is 0 Å². The summed E-state index contributed by atoms with van der Waals surface area (Å²) >= 11 is 0. The number of halogens is 1. The number of aromatic amines is 1. The quantitative estimate of drug-likeness (QED) is 0.770. The highest BCUT2D eigenvalue weighted by Gasteiger charge is 2.10. The van der Waals surface area contributed by atoms with Crippen molar-refractivity contribution in [1.82, 2.24) is 20.1 Å². The van der Waals surface area contributed by atoms with Crippen LogP contribution in [0.4, 0.5) is 4.39 Å². The van der Waals surface area contributed by atoms with Crippen LogP contribution in [-0.4, -0.2) is 20.1 Å². The number of aromatic nitrogens is 4. The lowest BCUT2D eigenvalue weighted by molar-refractivity contribution is 0.387. The van der Waals surface area contributed by atoms with E-state index in [1.54, 1.807) is 25.1 Å². The van der Waals surface area contributed by atoms with Gasteiger partial charge < -0.3 is 4.52 Å². The lowest BCUT2D eigenvalue weighted by Gasteiger charge is -2.04. The molecule has 0 spiro atoms. The van der Waals surface area contributed by atoms with Gasteiger partial charge in [0.15, 0.2) is 5.82 Å². The SMILES string of the molecule is Cc1nc(-c2ccc(F)cc2)cc(-c2nc(=O)o[nH]2)n1. The summed E-state index contributed by atoms with van der Waals surface area (Å²) < 4.78 is 17.5. The van der Waals surface area contributed by atoms with Crippen molar-refractivity contribution >= 4 is 0 Å². The first-order valence-corrected chi connectivity index (χ1v) is 5.79. The van der Waals surface area contributed by atoms with E-state index in [9.17, 15) is 9.18 Å². The van der Waals surface area contributed by atoms with Gasteiger partial charge in [-0.15, -0.1) is 0 Å². The lowest BCUT2D eigenvalue weighted by atomic mass is 10.1. The molecule has 2 heterocycles. The minimum absolute atomic E-state index is 0.226. The minimum Gasteiger partial charge on any atom is -0.321 e. The number of nitrogens with one attached hydrogen (secondary N) is 1. The summed E-state index contributed by atoms with van der Waals surface area (Å²) in [6, 6.07) is 7.59. The van der Waals surface area contributed by atoms with E-state index >= 15 is 0 Å². The zero-order chi connectivity index (χ0) is 14.1. The summed E-state index contributed by atoms with van der Waals surface area (Å²) in [5, 5.41) is 2.39. The molecule has 2 aromatic heterocycles. The first-order valence-electron chi connectivity index (χ1n) is 5.79.